The molecule has 3 nitrogen and oxygen atoms in total. The van der Waals surface area contributed by atoms with E-state index in [9.17, 15) is 0 Å². The second-order valence-electron chi connectivity index (χ2n) is 6.43. The Labute approximate surface area is 127 Å². The van der Waals surface area contributed by atoms with Gasteiger partial charge >= 0.3 is 0 Å². The Morgan fingerprint density at radius 3 is 3.05 bits per heavy atom. The van der Waals surface area contributed by atoms with Gasteiger partial charge in [-0.25, -0.2) is 4.98 Å². The first-order chi connectivity index (χ1) is 9.66. The van der Waals surface area contributed by atoms with Crippen LogP contribution in [0, 0.1) is 11.8 Å². The van der Waals surface area contributed by atoms with Crippen molar-refractivity contribution in [3.63, 3.8) is 0 Å². The number of nitrogens with zero attached hydrogens (tertiary/aromatic N) is 1. The largest absolute Gasteiger partial charge is 0.383 e. The Bertz CT molecular complexity index is 380. The van der Waals surface area contributed by atoms with Crippen molar-refractivity contribution in [1.82, 2.24) is 10.3 Å². The molecule has 0 radical (unpaired) electrons. The predicted molar refractivity (Wildman–Crippen MR) is 85.1 cm³/mol. The smallest absolute Gasteiger partial charge is 0.113 e. The van der Waals surface area contributed by atoms with Crippen molar-refractivity contribution in [3.05, 3.63) is 16.6 Å². The van der Waals surface area contributed by atoms with Crippen LogP contribution in [-0.4, -0.2) is 25.2 Å². The van der Waals surface area contributed by atoms with Gasteiger partial charge < -0.3 is 10.1 Å². The first-order valence-corrected chi connectivity index (χ1v) is 8.68. The zero-order valence-corrected chi connectivity index (χ0v) is 13.8. The number of hydrogen-bond donors (Lipinski definition) is 1. The van der Waals surface area contributed by atoms with E-state index in [0.717, 1.165) is 25.0 Å². The molecule has 2 atom stereocenters. The van der Waals surface area contributed by atoms with Gasteiger partial charge in [-0.3, -0.25) is 0 Å². The van der Waals surface area contributed by atoms with Gasteiger partial charge in [0.25, 0.3) is 0 Å². The van der Waals surface area contributed by atoms with E-state index in [4.69, 9.17) is 4.74 Å². The normalized spacial score (nSPS) is 27.1. The van der Waals surface area contributed by atoms with Crippen LogP contribution in [0.4, 0.5) is 0 Å². The lowest BCUT2D eigenvalue weighted by atomic mass is 9.73. The minimum Gasteiger partial charge on any atom is -0.383 e. The molecule has 0 bridgehead atoms. The van der Waals surface area contributed by atoms with Crippen LogP contribution in [0.15, 0.2) is 11.6 Å². The zero-order valence-electron chi connectivity index (χ0n) is 13.0. The molecule has 4 heteroatoms. The Kier molecular flexibility index (Phi) is 6.00. The van der Waals surface area contributed by atoms with Crippen molar-refractivity contribution in [2.75, 3.05) is 20.3 Å². The topological polar surface area (TPSA) is 34.1 Å². The van der Waals surface area contributed by atoms with Crippen LogP contribution in [0.2, 0.25) is 0 Å². The molecular weight excluding hydrogens is 268 g/mol. The molecule has 0 aliphatic heterocycles. The summed E-state index contributed by atoms with van der Waals surface area (Å²) in [7, 11) is 1.76. The molecule has 0 spiro atoms. The number of ether oxygens (including phenoxy) is 1. The summed E-state index contributed by atoms with van der Waals surface area (Å²) in [5.74, 6) is 1.61. The maximum absolute atomic E-state index is 5.21. The summed E-state index contributed by atoms with van der Waals surface area (Å²) in [4.78, 5) is 4.62. The fourth-order valence-corrected chi connectivity index (χ4v) is 4.40. The van der Waals surface area contributed by atoms with Crippen LogP contribution in [0.1, 0.15) is 51.0 Å². The highest BCUT2D eigenvalue weighted by Crippen LogP contribution is 2.42. The standard InChI is InChI=1S/C16H28N2OS/c1-13(2)11-14-5-4-6-16(12-14,18-7-9-19-3)15-17-8-10-20-15/h8,10,13-14,18H,4-7,9,11-12H2,1-3H3. The summed E-state index contributed by atoms with van der Waals surface area (Å²) in [6, 6.07) is 0. The summed E-state index contributed by atoms with van der Waals surface area (Å²) in [5.41, 5.74) is 0.0878. The third-order valence-electron chi connectivity index (χ3n) is 4.27. The molecule has 0 aromatic carbocycles. The SMILES string of the molecule is COCCNC1(c2nccs2)CCCC(CC(C)C)C1. The predicted octanol–water partition coefficient (Wildman–Crippen LogP) is 3.81. The number of nitrogens with one attached hydrogen (secondary N) is 1. The van der Waals surface area contributed by atoms with Crippen molar-refractivity contribution in [2.24, 2.45) is 11.8 Å². The van der Waals surface area contributed by atoms with Gasteiger partial charge in [-0.2, -0.15) is 0 Å². The first-order valence-electron chi connectivity index (χ1n) is 7.80. The Hall–Kier alpha value is -0.450. The molecule has 1 saturated carbocycles. The molecular formula is C16H28N2OS. The first kappa shape index (κ1) is 15.9. The monoisotopic (exact) mass is 296 g/mol. The lowest BCUT2D eigenvalue weighted by Gasteiger charge is -2.41. The van der Waals surface area contributed by atoms with Crippen LogP contribution < -0.4 is 5.32 Å². The molecule has 1 heterocycles. The lowest BCUT2D eigenvalue weighted by Crippen LogP contribution is -2.47. The van der Waals surface area contributed by atoms with Gasteiger partial charge in [0.2, 0.25) is 0 Å². The zero-order chi connectivity index (χ0) is 14.4. The van der Waals surface area contributed by atoms with E-state index >= 15 is 0 Å². The fourth-order valence-electron chi connectivity index (χ4n) is 3.54. The third kappa shape index (κ3) is 4.03. The maximum atomic E-state index is 5.21. The van der Waals surface area contributed by atoms with Gasteiger partial charge in [-0.1, -0.05) is 26.7 Å². The van der Waals surface area contributed by atoms with E-state index < -0.39 is 0 Å². The van der Waals surface area contributed by atoms with Crippen molar-refractivity contribution >= 4 is 11.3 Å². The summed E-state index contributed by atoms with van der Waals surface area (Å²) < 4.78 is 5.21. The van der Waals surface area contributed by atoms with E-state index in [1.165, 1.54) is 37.1 Å². The molecule has 1 aromatic rings. The van der Waals surface area contributed by atoms with E-state index in [1.54, 1.807) is 18.4 Å². The fraction of sp³-hybridized carbons (Fsp3) is 0.812. The average Bonchev–Trinajstić information content (AvgIpc) is 2.93. The van der Waals surface area contributed by atoms with E-state index in [2.05, 4.69) is 29.5 Å². The van der Waals surface area contributed by atoms with Crippen molar-refractivity contribution in [2.45, 2.75) is 51.5 Å². The molecule has 1 N–H and O–H groups in total. The number of hydrogen-bond acceptors (Lipinski definition) is 4. The van der Waals surface area contributed by atoms with Gasteiger partial charge in [-0.05, 0) is 31.1 Å². The van der Waals surface area contributed by atoms with Crippen LogP contribution in [0.3, 0.4) is 0 Å². The second kappa shape index (κ2) is 7.53. The Morgan fingerprint density at radius 1 is 1.55 bits per heavy atom. The molecule has 114 valence electrons. The molecule has 1 fully saturated rings. The van der Waals surface area contributed by atoms with Gasteiger partial charge in [0.1, 0.15) is 5.01 Å². The summed E-state index contributed by atoms with van der Waals surface area (Å²) in [6.45, 7) is 6.34. The molecule has 1 aliphatic rings. The Balaban J connectivity index is 2.09. The molecule has 0 amide bonds. The van der Waals surface area contributed by atoms with E-state index in [0.29, 0.717) is 0 Å². The van der Waals surface area contributed by atoms with Crippen LogP contribution in [0.5, 0.6) is 0 Å². The highest BCUT2D eigenvalue weighted by Gasteiger charge is 2.39. The van der Waals surface area contributed by atoms with Gasteiger partial charge in [0.15, 0.2) is 0 Å². The molecule has 1 aliphatic carbocycles. The number of aromatic nitrogens is 1. The van der Waals surface area contributed by atoms with Crippen molar-refractivity contribution in [1.29, 1.82) is 0 Å². The van der Waals surface area contributed by atoms with E-state index in [-0.39, 0.29) is 5.54 Å². The summed E-state index contributed by atoms with van der Waals surface area (Å²) >= 11 is 1.79. The molecule has 1 aromatic heterocycles. The quantitative estimate of drug-likeness (QED) is 0.777. The van der Waals surface area contributed by atoms with Gasteiger partial charge in [0, 0.05) is 25.2 Å². The highest BCUT2D eigenvalue weighted by atomic mass is 32.1. The summed E-state index contributed by atoms with van der Waals surface area (Å²) in [5, 5.41) is 7.13. The van der Waals surface area contributed by atoms with E-state index in [1.807, 2.05) is 6.20 Å². The summed E-state index contributed by atoms with van der Waals surface area (Å²) in [6.07, 6.45) is 8.38. The maximum Gasteiger partial charge on any atom is 0.113 e. The van der Waals surface area contributed by atoms with Gasteiger partial charge in [0.05, 0.1) is 12.1 Å². The average molecular weight is 296 g/mol. The second-order valence-corrected chi connectivity index (χ2v) is 7.33. The highest BCUT2D eigenvalue weighted by molar-refractivity contribution is 7.09. The van der Waals surface area contributed by atoms with Gasteiger partial charge in [-0.15, -0.1) is 11.3 Å². The number of methoxy groups -OCH3 is 1. The molecule has 2 rings (SSSR count). The van der Waals surface area contributed by atoms with Crippen molar-refractivity contribution in [3.8, 4) is 0 Å². The van der Waals surface area contributed by atoms with Crippen molar-refractivity contribution < 1.29 is 4.74 Å². The van der Waals surface area contributed by atoms with Crippen LogP contribution in [0.25, 0.3) is 0 Å². The lowest BCUT2D eigenvalue weighted by molar-refractivity contribution is 0.137. The van der Waals surface area contributed by atoms with Crippen LogP contribution >= 0.6 is 11.3 Å². The van der Waals surface area contributed by atoms with Crippen LogP contribution in [-0.2, 0) is 10.3 Å². The molecule has 20 heavy (non-hydrogen) atoms. The molecule has 2 unspecified atom stereocenters. The molecule has 0 saturated heterocycles. The number of thiazole rings is 1. The minimum absolute atomic E-state index is 0.0878. The minimum atomic E-state index is 0.0878. The third-order valence-corrected chi connectivity index (χ3v) is 5.25. The Morgan fingerprint density at radius 2 is 2.40 bits per heavy atom. The number of rotatable bonds is 7.